The van der Waals surface area contributed by atoms with Crippen LogP contribution in [0.2, 0.25) is 0 Å². The van der Waals surface area contributed by atoms with Gasteiger partial charge in [-0.2, -0.15) is 0 Å². The molecule has 2 heterocycles. The molecule has 230 valence electrons. The number of carbonyl (C=O) groups is 1. The van der Waals surface area contributed by atoms with Crippen LogP contribution in [0.3, 0.4) is 0 Å². The summed E-state index contributed by atoms with van der Waals surface area (Å²) in [4.78, 5) is 12.7. The number of hydrazone groups is 1. The SMILES string of the molecule is C/C=S(\c1ccc(OC(C)C)cc1)N1CC(/C=[N+]2/N=C(CC(=O)O)c3ccc(F)cc32)CC1/C=C/Oc1ccccc1OC. The molecule has 3 aromatic rings. The van der Waals surface area contributed by atoms with Gasteiger partial charge in [0, 0.05) is 28.6 Å². The lowest BCUT2D eigenvalue weighted by atomic mass is 10.1. The zero-order valence-corrected chi connectivity index (χ0v) is 26.0. The fourth-order valence-corrected chi connectivity index (χ4v) is 7.43. The van der Waals surface area contributed by atoms with Crippen molar-refractivity contribution >= 4 is 39.6 Å². The predicted octanol–water partition coefficient (Wildman–Crippen LogP) is 6.88. The molecular weight excluding hydrogens is 581 g/mol. The second-order valence-electron chi connectivity index (χ2n) is 10.7. The van der Waals surface area contributed by atoms with E-state index in [1.165, 1.54) is 12.1 Å². The first-order valence-electron chi connectivity index (χ1n) is 14.5. The van der Waals surface area contributed by atoms with E-state index in [9.17, 15) is 14.3 Å². The molecule has 0 radical (unpaired) electrons. The van der Waals surface area contributed by atoms with Gasteiger partial charge in [-0.1, -0.05) is 27.5 Å². The Morgan fingerprint density at radius 2 is 1.91 bits per heavy atom. The second kappa shape index (κ2) is 14.0. The zero-order chi connectivity index (χ0) is 31.2. The minimum atomic E-state index is -0.986. The first-order chi connectivity index (χ1) is 21.2. The number of ether oxygens (including phenoxy) is 3. The Bertz CT molecular complexity index is 1630. The van der Waals surface area contributed by atoms with Crippen molar-refractivity contribution < 1.29 is 33.2 Å². The molecule has 0 bridgehead atoms. The molecule has 0 spiro atoms. The van der Waals surface area contributed by atoms with Crippen molar-refractivity contribution in [1.82, 2.24) is 4.31 Å². The van der Waals surface area contributed by atoms with Gasteiger partial charge in [-0.3, -0.25) is 4.79 Å². The number of hydrogen-bond acceptors (Lipinski definition) is 6. The van der Waals surface area contributed by atoms with Crippen LogP contribution in [0.1, 0.15) is 39.2 Å². The van der Waals surface area contributed by atoms with Gasteiger partial charge in [-0.15, -0.1) is 0 Å². The van der Waals surface area contributed by atoms with E-state index in [1.54, 1.807) is 24.1 Å². The summed E-state index contributed by atoms with van der Waals surface area (Å²) in [5.41, 5.74) is 1.59. The Morgan fingerprint density at radius 3 is 2.59 bits per heavy atom. The highest BCUT2D eigenvalue weighted by Gasteiger charge is 2.37. The van der Waals surface area contributed by atoms with Crippen LogP contribution in [0.25, 0.3) is 0 Å². The number of nitrogens with zero attached hydrogens (tertiary/aromatic N) is 3. The molecular formula is C34H37FN3O5S+. The van der Waals surface area contributed by atoms with Crippen LogP contribution < -0.4 is 14.2 Å². The van der Waals surface area contributed by atoms with Crippen LogP contribution in [-0.4, -0.2) is 63.2 Å². The highest BCUT2D eigenvalue weighted by atomic mass is 32.2. The van der Waals surface area contributed by atoms with Crippen molar-refractivity contribution in [3.05, 3.63) is 90.4 Å². The molecule has 1 fully saturated rings. The third-order valence-corrected chi connectivity index (χ3v) is 9.35. The van der Waals surface area contributed by atoms with Crippen molar-refractivity contribution in [3.8, 4) is 17.2 Å². The maximum atomic E-state index is 14.3. The van der Waals surface area contributed by atoms with Crippen LogP contribution in [0.4, 0.5) is 10.1 Å². The molecule has 5 rings (SSSR count). The Kier molecular flexibility index (Phi) is 9.92. The van der Waals surface area contributed by atoms with Crippen LogP contribution in [-0.2, 0) is 4.79 Å². The second-order valence-corrected chi connectivity index (χ2v) is 12.8. The standard InChI is InChI=1S/C34H36FN3O5S/c1-5-44(28-13-11-27(12-14-28)43-23(2)3)38-22-24(18-26(38)16-17-42-33-9-7-6-8-32(33)41-4)21-37-31-19-25(35)10-15-29(31)30(36-37)20-34(39)40/h5-17,19,21,23-24,26H,18,20,22H2,1-4H3/p+1/b17-16+,37-21+. The molecule has 0 aromatic heterocycles. The van der Waals surface area contributed by atoms with Gasteiger partial charge in [0.1, 0.15) is 17.3 Å². The van der Waals surface area contributed by atoms with Gasteiger partial charge < -0.3 is 19.3 Å². The Morgan fingerprint density at radius 1 is 1.16 bits per heavy atom. The molecule has 3 unspecified atom stereocenters. The van der Waals surface area contributed by atoms with Gasteiger partial charge in [-0.05, 0) is 87.2 Å². The molecule has 2 aliphatic rings. The van der Waals surface area contributed by atoms with E-state index in [4.69, 9.17) is 14.2 Å². The van der Waals surface area contributed by atoms with E-state index in [0.29, 0.717) is 35.0 Å². The minimum absolute atomic E-state index is 0.00846. The molecule has 10 heteroatoms. The van der Waals surface area contributed by atoms with Gasteiger partial charge in [0.15, 0.2) is 17.7 Å². The average molecular weight is 619 g/mol. The van der Waals surface area contributed by atoms with Crippen molar-refractivity contribution in [2.45, 2.75) is 50.7 Å². The van der Waals surface area contributed by atoms with Crippen molar-refractivity contribution in [3.63, 3.8) is 0 Å². The zero-order valence-electron chi connectivity index (χ0n) is 25.2. The summed E-state index contributed by atoms with van der Waals surface area (Å²) in [6.45, 7) is 6.77. The van der Waals surface area contributed by atoms with Crippen molar-refractivity contribution in [2.24, 2.45) is 11.0 Å². The highest BCUT2D eigenvalue weighted by molar-refractivity contribution is 8.13. The first kappa shape index (κ1) is 31.2. The fraction of sp³-hybridized carbons (Fsp3) is 0.294. The van der Waals surface area contributed by atoms with E-state index in [2.05, 4.69) is 39.9 Å². The summed E-state index contributed by atoms with van der Waals surface area (Å²) in [7, 11) is 1.26. The van der Waals surface area contributed by atoms with E-state index >= 15 is 0 Å². The smallest absolute Gasteiger partial charge is 0.309 e. The summed E-state index contributed by atoms with van der Waals surface area (Å²) in [5, 5.41) is 16.2. The number of hydrogen-bond donors (Lipinski definition) is 1. The lowest BCUT2D eigenvalue weighted by Crippen LogP contribution is -2.23. The third-order valence-electron chi connectivity index (χ3n) is 7.22. The number of para-hydroxylation sites is 2. The summed E-state index contributed by atoms with van der Waals surface area (Å²) in [6, 6.07) is 20.0. The normalized spacial score (nSPS) is 19.9. The molecule has 44 heavy (non-hydrogen) atoms. The van der Waals surface area contributed by atoms with E-state index in [-0.39, 0.29) is 35.2 Å². The van der Waals surface area contributed by atoms with Gasteiger partial charge in [0.05, 0.1) is 37.4 Å². The van der Waals surface area contributed by atoms with Crippen molar-refractivity contribution in [1.29, 1.82) is 0 Å². The number of fused-ring (bicyclic) bond motifs is 1. The van der Waals surface area contributed by atoms with Gasteiger partial charge in [0.25, 0.3) is 0 Å². The highest BCUT2D eigenvalue weighted by Crippen LogP contribution is 2.40. The number of aliphatic carboxylic acids is 1. The Balaban J connectivity index is 1.46. The largest absolute Gasteiger partial charge is 0.493 e. The van der Waals surface area contributed by atoms with Crippen LogP contribution >= 0.6 is 10.7 Å². The van der Waals surface area contributed by atoms with Gasteiger partial charge in [0.2, 0.25) is 5.69 Å². The van der Waals surface area contributed by atoms with Gasteiger partial charge in [-0.25, -0.2) is 8.70 Å². The molecule has 0 saturated carbocycles. The lowest BCUT2D eigenvalue weighted by Gasteiger charge is -2.26. The maximum absolute atomic E-state index is 14.3. The molecule has 8 nitrogen and oxygen atoms in total. The minimum Gasteiger partial charge on any atom is -0.493 e. The lowest BCUT2D eigenvalue weighted by molar-refractivity contribution is -0.438. The number of benzene rings is 3. The first-order valence-corrected chi connectivity index (χ1v) is 15.8. The number of carboxylic acids is 1. The molecule has 2 aliphatic heterocycles. The van der Waals surface area contributed by atoms with Crippen LogP contribution in [0.5, 0.6) is 17.2 Å². The molecule has 0 amide bonds. The summed E-state index contributed by atoms with van der Waals surface area (Å²) in [6.07, 6.45) is 6.34. The van der Waals surface area contributed by atoms with E-state index in [0.717, 1.165) is 17.1 Å². The summed E-state index contributed by atoms with van der Waals surface area (Å²) < 4.78 is 35.6. The number of halogens is 1. The number of carboxylic acid groups (broad SMARTS) is 1. The average Bonchev–Trinajstić information content (AvgIpc) is 3.54. The Labute approximate surface area is 259 Å². The predicted molar refractivity (Wildman–Crippen MR) is 172 cm³/mol. The molecule has 1 N–H and O–H groups in total. The maximum Gasteiger partial charge on any atom is 0.309 e. The van der Waals surface area contributed by atoms with Crippen molar-refractivity contribution in [2.75, 3.05) is 13.7 Å². The summed E-state index contributed by atoms with van der Waals surface area (Å²) in [5.74, 6) is 0.749. The molecule has 3 aromatic carbocycles. The van der Waals surface area contributed by atoms with Gasteiger partial charge >= 0.3 is 5.97 Å². The molecule has 3 atom stereocenters. The molecule has 0 aliphatic carbocycles. The monoisotopic (exact) mass is 618 g/mol. The van der Waals surface area contributed by atoms with E-state index < -0.39 is 11.8 Å². The summed E-state index contributed by atoms with van der Waals surface area (Å²) >= 11 is 0. The fourth-order valence-electron chi connectivity index (χ4n) is 5.40. The number of rotatable bonds is 11. The van der Waals surface area contributed by atoms with E-state index in [1.807, 2.05) is 56.5 Å². The Hall–Kier alpha value is -4.28. The molecule has 1 saturated heterocycles. The number of methoxy groups -OCH3 is 1. The topological polar surface area (TPSA) is 83.6 Å². The quantitative estimate of drug-likeness (QED) is 0.143. The van der Waals surface area contributed by atoms with Crippen LogP contribution in [0, 0.1) is 11.7 Å². The third kappa shape index (κ3) is 7.26. The van der Waals surface area contributed by atoms with Crippen LogP contribution in [0.15, 0.2) is 89.1 Å².